The summed E-state index contributed by atoms with van der Waals surface area (Å²) in [5.74, 6) is -2.75. The zero-order valence-corrected chi connectivity index (χ0v) is 19.4. The lowest BCUT2D eigenvalue weighted by Crippen LogP contribution is -2.48. The maximum Gasteiger partial charge on any atom is 0.330 e. The molecule has 0 amide bonds. The first-order valence-electron chi connectivity index (χ1n) is 11.0. The number of nitrogens with one attached hydrogen (secondary N) is 1. The Bertz CT molecular complexity index is 1250. The summed E-state index contributed by atoms with van der Waals surface area (Å²) in [6.07, 6.45) is 2.83. The number of carbonyl (C=O) groups excluding carboxylic acids is 1. The molecule has 0 spiro atoms. The van der Waals surface area contributed by atoms with Crippen molar-refractivity contribution < 1.29 is 27.1 Å². The molecule has 0 saturated carbocycles. The van der Waals surface area contributed by atoms with E-state index in [1.54, 1.807) is 11.0 Å². The van der Waals surface area contributed by atoms with E-state index in [0.717, 1.165) is 29.2 Å². The molecule has 180 valence electrons. The number of ether oxygens (including phenoxy) is 1. The van der Waals surface area contributed by atoms with E-state index in [9.17, 15) is 13.6 Å². The minimum absolute atomic E-state index is 0.0646. The number of hydrogen-bond acceptors (Lipinski definition) is 3. The molecule has 2 heterocycles. The van der Waals surface area contributed by atoms with Gasteiger partial charge >= 0.3 is 5.97 Å². The minimum atomic E-state index is -1.63. The highest BCUT2D eigenvalue weighted by atomic mass is 19.1. The number of carbonyl (C=O) groups is 1. The molecule has 0 aliphatic carbocycles. The highest BCUT2D eigenvalue weighted by molar-refractivity contribution is 5.87. The van der Waals surface area contributed by atoms with Gasteiger partial charge in [-0.1, -0.05) is 0 Å². The molecule has 2 aromatic carbocycles. The van der Waals surface area contributed by atoms with E-state index in [1.807, 2.05) is 6.92 Å². The monoisotopic (exact) mass is 474 g/mol. The molecule has 0 saturated heterocycles. The van der Waals surface area contributed by atoms with Gasteiger partial charge in [-0.15, -0.1) is 0 Å². The second-order valence-corrected chi connectivity index (χ2v) is 9.31. The van der Waals surface area contributed by atoms with Crippen LogP contribution in [0.15, 0.2) is 36.4 Å². The van der Waals surface area contributed by atoms with Crippen LogP contribution in [-0.4, -0.2) is 41.2 Å². The van der Waals surface area contributed by atoms with Crippen molar-refractivity contribution in [3.8, 4) is 0 Å². The van der Waals surface area contributed by atoms with Crippen molar-refractivity contribution >= 4 is 22.9 Å². The molecule has 34 heavy (non-hydrogen) atoms. The number of alkyl halides is 1. The third kappa shape index (κ3) is 4.59. The number of benzene rings is 2. The molecule has 1 aliphatic rings. The first-order chi connectivity index (χ1) is 16.0. The van der Waals surface area contributed by atoms with Crippen LogP contribution in [-0.2, 0) is 16.0 Å². The Labute approximate surface area is 195 Å². The normalized spacial score (nSPS) is 19.1. The molecule has 0 fully saturated rings. The quantitative estimate of drug-likeness (QED) is 0.286. The Balaban J connectivity index is 1.90. The van der Waals surface area contributed by atoms with Gasteiger partial charge in [0.05, 0.1) is 13.2 Å². The maximum atomic E-state index is 15.5. The van der Waals surface area contributed by atoms with Crippen molar-refractivity contribution in [2.75, 3.05) is 13.7 Å². The Morgan fingerprint density at radius 2 is 1.88 bits per heavy atom. The molecule has 1 N–H and O–H groups in total. The Morgan fingerprint density at radius 1 is 1.21 bits per heavy atom. The van der Waals surface area contributed by atoms with Crippen molar-refractivity contribution in [3.05, 3.63) is 76.2 Å². The number of halogens is 4. The average Bonchev–Trinajstić information content (AvgIpc) is 3.09. The van der Waals surface area contributed by atoms with Crippen molar-refractivity contribution in [1.29, 1.82) is 0 Å². The molecule has 2 atom stereocenters. The molecule has 1 aromatic heterocycles. The van der Waals surface area contributed by atoms with Gasteiger partial charge in [0.15, 0.2) is 0 Å². The lowest BCUT2D eigenvalue weighted by molar-refractivity contribution is -0.134. The van der Waals surface area contributed by atoms with Gasteiger partial charge < -0.3 is 9.72 Å². The van der Waals surface area contributed by atoms with Gasteiger partial charge in [0.25, 0.3) is 0 Å². The van der Waals surface area contributed by atoms with E-state index < -0.39 is 35.1 Å². The molecule has 2 unspecified atom stereocenters. The zero-order valence-electron chi connectivity index (χ0n) is 19.4. The number of aromatic nitrogens is 1. The van der Waals surface area contributed by atoms with Crippen molar-refractivity contribution in [3.63, 3.8) is 0 Å². The second-order valence-electron chi connectivity index (χ2n) is 9.31. The summed E-state index contributed by atoms with van der Waals surface area (Å²) in [6, 6.07) is 5.38. The standard InChI is InChI=1S/C26H26F4N2O2/c1-14-9-18-17-7-6-16(27)12-21(17)31-24(18)25(32(14)13-26(2,3)30)23-19(28)10-15(11-20(23)29)5-8-22(33)34-4/h5-8,10-12,14,25,31H,9,13H2,1-4H3/b8-5+. The van der Waals surface area contributed by atoms with E-state index in [1.165, 1.54) is 39.2 Å². The van der Waals surface area contributed by atoms with E-state index in [0.29, 0.717) is 17.6 Å². The molecule has 0 bridgehead atoms. The summed E-state index contributed by atoms with van der Waals surface area (Å²) in [5, 5.41) is 0.769. The van der Waals surface area contributed by atoms with Gasteiger partial charge in [0.2, 0.25) is 0 Å². The lowest BCUT2D eigenvalue weighted by Gasteiger charge is -2.43. The number of nitrogens with zero attached hydrogens (tertiary/aromatic N) is 1. The highest BCUT2D eigenvalue weighted by Gasteiger charge is 2.40. The molecule has 4 nitrogen and oxygen atoms in total. The second kappa shape index (κ2) is 8.91. The molecule has 4 rings (SSSR count). The van der Waals surface area contributed by atoms with Crippen LogP contribution >= 0.6 is 0 Å². The number of methoxy groups -OCH3 is 1. The van der Waals surface area contributed by atoms with Crippen LogP contribution in [0.3, 0.4) is 0 Å². The average molecular weight is 474 g/mol. The minimum Gasteiger partial charge on any atom is -0.466 e. The van der Waals surface area contributed by atoms with Crippen LogP contribution < -0.4 is 0 Å². The molecule has 3 aromatic rings. The SMILES string of the molecule is COC(=O)/C=C/c1cc(F)c(C2c3[nH]c4cc(F)ccc4c3CC(C)N2CC(C)(C)F)c(F)c1. The van der Waals surface area contributed by atoms with Gasteiger partial charge in [-0.05, 0) is 74.7 Å². The van der Waals surface area contributed by atoms with Gasteiger partial charge in [0.1, 0.15) is 23.1 Å². The summed E-state index contributed by atoms with van der Waals surface area (Å²) in [5.41, 5.74) is 0.135. The maximum absolute atomic E-state index is 15.5. The van der Waals surface area contributed by atoms with E-state index in [2.05, 4.69) is 9.72 Å². The highest BCUT2D eigenvalue weighted by Crippen LogP contribution is 2.43. The Morgan fingerprint density at radius 3 is 2.50 bits per heavy atom. The number of fused-ring (bicyclic) bond motifs is 3. The van der Waals surface area contributed by atoms with E-state index >= 15 is 8.78 Å². The third-order valence-electron chi connectivity index (χ3n) is 6.12. The van der Waals surface area contributed by atoms with Crippen molar-refractivity contribution in [2.24, 2.45) is 0 Å². The van der Waals surface area contributed by atoms with Crippen LogP contribution in [0.4, 0.5) is 17.6 Å². The summed E-state index contributed by atoms with van der Waals surface area (Å²) in [6.45, 7) is 4.65. The van der Waals surface area contributed by atoms with Crippen LogP contribution in [0.2, 0.25) is 0 Å². The number of esters is 1. The topological polar surface area (TPSA) is 45.3 Å². The van der Waals surface area contributed by atoms with Gasteiger partial charge in [-0.3, -0.25) is 4.90 Å². The van der Waals surface area contributed by atoms with Crippen molar-refractivity contribution in [1.82, 2.24) is 9.88 Å². The Kier molecular flexibility index (Phi) is 6.29. The summed E-state index contributed by atoms with van der Waals surface area (Å²) < 4.78 is 64.1. The fourth-order valence-electron chi connectivity index (χ4n) is 4.72. The predicted molar refractivity (Wildman–Crippen MR) is 123 cm³/mol. The largest absolute Gasteiger partial charge is 0.466 e. The number of H-pyrrole nitrogens is 1. The third-order valence-corrected chi connectivity index (χ3v) is 6.12. The fraction of sp³-hybridized carbons (Fsp3) is 0.346. The first-order valence-corrected chi connectivity index (χ1v) is 11.0. The molecule has 1 aliphatic heterocycles. The van der Waals surface area contributed by atoms with Gasteiger partial charge in [-0.2, -0.15) is 0 Å². The van der Waals surface area contributed by atoms with Gasteiger partial charge in [-0.25, -0.2) is 22.4 Å². The number of hydrogen-bond donors (Lipinski definition) is 1. The van der Waals surface area contributed by atoms with Crippen LogP contribution in [0.5, 0.6) is 0 Å². The van der Waals surface area contributed by atoms with Crippen LogP contribution in [0.1, 0.15) is 49.2 Å². The molecule has 8 heteroatoms. The molecular formula is C26H26F4N2O2. The predicted octanol–water partition coefficient (Wildman–Crippen LogP) is 5.86. The summed E-state index contributed by atoms with van der Waals surface area (Å²) >= 11 is 0. The van der Waals surface area contributed by atoms with Crippen LogP contribution in [0, 0.1) is 17.5 Å². The Hall–Kier alpha value is -3.13. The summed E-state index contributed by atoms with van der Waals surface area (Å²) in [4.78, 5) is 16.2. The van der Waals surface area contributed by atoms with Crippen molar-refractivity contribution in [2.45, 2.75) is 44.9 Å². The zero-order chi connectivity index (χ0) is 24.8. The number of rotatable bonds is 5. The number of aromatic amines is 1. The smallest absolute Gasteiger partial charge is 0.330 e. The van der Waals surface area contributed by atoms with E-state index in [4.69, 9.17) is 0 Å². The fourth-order valence-corrected chi connectivity index (χ4v) is 4.72. The van der Waals surface area contributed by atoms with E-state index in [-0.39, 0.29) is 23.7 Å². The lowest BCUT2D eigenvalue weighted by atomic mass is 9.87. The van der Waals surface area contributed by atoms with Crippen LogP contribution in [0.25, 0.3) is 17.0 Å². The molecular weight excluding hydrogens is 448 g/mol. The molecule has 0 radical (unpaired) electrons. The summed E-state index contributed by atoms with van der Waals surface area (Å²) in [7, 11) is 1.20. The van der Waals surface area contributed by atoms with Gasteiger partial charge in [0, 0.05) is 40.8 Å². The first kappa shape index (κ1) is 24.0.